The summed E-state index contributed by atoms with van der Waals surface area (Å²) in [5, 5.41) is 8.61. The number of H-pyrrole nitrogens is 1. The molecule has 8 heteroatoms. The van der Waals surface area contributed by atoms with E-state index < -0.39 is 0 Å². The third-order valence-corrected chi connectivity index (χ3v) is 5.12. The standard InChI is InChI=1S/C13H15N5OS2/c1-7-8(2)21-11-10(7)12(19)18(13(20)15-11)5-4-9-16-14-6-17(9)3/h6H,4-5H2,1-3H3,(H,15,20). The molecular weight excluding hydrogens is 306 g/mol. The first kappa shape index (κ1) is 14.2. The van der Waals surface area contributed by atoms with Crippen LogP contribution in [-0.2, 0) is 20.0 Å². The number of nitrogens with one attached hydrogen (secondary N) is 1. The van der Waals surface area contributed by atoms with Crippen LogP contribution in [0.2, 0.25) is 0 Å². The molecule has 0 aliphatic rings. The molecule has 0 saturated heterocycles. The second-order valence-electron chi connectivity index (χ2n) is 4.98. The van der Waals surface area contributed by atoms with Gasteiger partial charge in [0.05, 0.1) is 5.39 Å². The highest BCUT2D eigenvalue weighted by molar-refractivity contribution is 7.71. The molecule has 0 fully saturated rings. The van der Waals surface area contributed by atoms with Crippen molar-refractivity contribution < 1.29 is 0 Å². The fraction of sp³-hybridized carbons (Fsp3) is 0.385. The van der Waals surface area contributed by atoms with Gasteiger partial charge < -0.3 is 9.55 Å². The van der Waals surface area contributed by atoms with E-state index in [0.29, 0.717) is 17.7 Å². The van der Waals surface area contributed by atoms with Gasteiger partial charge in [-0.3, -0.25) is 9.36 Å². The molecule has 3 heterocycles. The maximum atomic E-state index is 12.7. The van der Waals surface area contributed by atoms with Crippen molar-refractivity contribution in [3.05, 3.63) is 37.7 Å². The van der Waals surface area contributed by atoms with Crippen molar-refractivity contribution in [1.29, 1.82) is 0 Å². The average molecular weight is 321 g/mol. The number of aromatic nitrogens is 5. The molecular formula is C13H15N5OS2. The Labute approximate surface area is 130 Å². The number of fused-ring (bicyclic) bond motifs is 1. The van der Waals surface area contributed by atoms with Gasteiger partial charge in [0.2, 0.25) is 0 Å². The summed E-state index contributed by atoms with van der Waals surface area (Å²) in [7, 11) is 1.88. The highest BCUT2D eigenvalue weighted by Gasteiger charge is 2.13. The molecule has 3 aromatic rings. The summed E-state index contributed by atoms with van der Waals surface area (Å²) < 4.78 is 3.90. The van der Waals surface area contributed by atoms with E-state index in [4.69, 9.17) is 12.2 Å². The third-order valence-electron chi connectivity index (χ3n) is 3.67. The van der Waals surface area contributed by atoms with Crippen molar-refractivity contribution in [3.63, 3.8) is 0 Å². The van der Waals surface area contributed by atoms with Crippen LogP contribution < -0.4 is 5.56 Å². The molecule has 110 valence electrons. The second kappa shape index (κ2) is 5.19. The van der Waals surface area contributed by atoms with Crippen LogP contribution in [0.4, 0.5) is 0 Å². The van der Waals surface area contributed by atoms with E-state index in [2.05, 4.69) is 15.2 Å². The Morgan fingerprint density at radius 1 is 1.43 bits per heavy atom. The Kier molecular flexibility index (Phi) is 3.50. The third kappa shape index (κ3) is 2.34. The summed E-state index contributed by atoms with van der Waals surface area (Å²) >= 11 is 6.89. The van der Waals surface area contributed by atoms with Gasteiger partial charge in [0.15, 0.2) is 4.77 Å². The van der Waals surface area contributed by atoms with Gasteiger partial charge in [-0.1, -0.05) is 0 Å². The molecule has 1 N–H and O–H groups in total. The van der Waals surface area contributed by atoms with Crippen LogP contribution >= 0.6 is 23.6 Å². The Balaban J connectivity index is 2.06. The lowest BCUT2D eigenvalue weighted by Crippen LogP contribution is -2.23. The zero-order valence-electron chi connectivity index (χ0n) is 12.0. The predicted octanol–water partition coefficient (Wildman–Crippen LogP) is 2.11. The number of thiophene rings is 1. The van der Waals surface area contributed by atoms with Crippen LogP contribution in [-0.4, -0.2) is 24.3 Å². The van der Waals surface area contributed by atoms with E-state index >= 15 is 0 Å². The van der Waals surface area contributed by atoms with Crippen molar-refractivity contribution in [2.75, 3.05) is 0 Å². The van der Waals surface area contributed by atoms with Crippen molar-refractivity contribution in [3.8, 4) is 0 Å². The van der Waals surface area contributed by atoms with Gasteiger partial charge in [-0.2, -0.15) is 0 Å². The number of rotatable bonds is 3. The van der Waals surface area contributed by atoms with Crippen LogP contribution in [0.3, 0.4) is 0 Å². The first-order valence-corrected chi connectivity index (χ1v) is 7.77. The van der Waals surface area contributed by atoms with E-state index in [1.54, 1.807) is 22.2 Å². The molecule has 21 heavy (non-hydrogen) atoms. The Morgan fingerprint density at radius 2 is 2.19 bits per heavy atom. The van der Waals surface area contributed by atoms with Gasteiger partial charge in [-0.15, -0.1) is 21.5 Å². The molecule has 0 aliphatic heterocycles. The van der Waals surface area contributed by atoms with Crippen molar-refractivity contribution in [2.24, 2.45) is 7.05 Å². The average Bonchev–Trinajstić information content (AvgIpc) is 2.94. The number of aryl methyl sites for hydroxylation is 4. The van der Waals surface area contributed by atoms with E-state index in [-0.39, 0.29) is 5.56 Å². The normalized spacial score (nSPS) is 11.4. The maximum absolute atomic E-state index is 12.7. The molecule has 3 rings (SSSR count). The van der Waals surface area contributed by atoms with Gasteiger partial charge >= 0.3 is 0 Å². The van der Waals surface area contributed by atoms with E-state index in [1.807, 2.05) is 25.5 Å². The largest absolute Gasteiger partial charge is 0.323 e. The highest BCUT2D eigenvalue weighted by atomic mass is 32.1. The summed E-state index contributed by atoms with van der Waals surface area (Å²) in [5.74, 6) is 0.828. The van der Waals surface area contributed by atoms with Crippen molar-refractivity contribution in [2.45, 2.75) is 26.8 Å². The van der Waals surface area contributed by atoms with Gasteiger partial charge in [0, 0.05) is 24.9 Å². The monoisotopic (exact) mass is 321 g/mol. The zero-order chi connectivity index (χ0) is 15.1. The Morgan fingerprint density at radius 3 is 2.86 bits per heavy atom. The summed E-state index contributed by atoms with van der Waals surface area (Å²) in [5.41, 5.74) is 0.997. The smallest absolute Gasteiger partial charge is 0.263 e. The fourth-order valence-corrected chi connectivity index (χ4v) is 3.71. The van der Waals surface area contributed by atoms with E-state index in [1.165, 1.54) is 0 Å². The fourth-order valence-electron chi connectivity index (χ4n) is 2.31. The number of nitrogens with zero attached hydrogens (tertiary/aromatic N) is 4. The highest BCUT2D eigenvalue weighted by Crippen LogP contribution is 2.25. The molecule has 0 aliphatic carbocycles. The molecule has 0 aromatic carbocycles. The minimum atomic E-state index is -0.0298. The molecule has 0 atom stereocenters. The minimum Gasteiger partial charge on any atom is -0.323 e. The molecule has 0 unspecified atom stereocenters. The summed E-state index contributed by atoms with van der Waals surface area (Å²) in [6.45, 7) is 4.48. The molecule has 0 radical (unpaired) electrons. The minimum absolute atomic E-state index is 0.0298. The number of hydrogen-bond acceptors (Lipinski definition) is 5. The molecule has 0 saturated carbocycles. The summed E-state index contributed by atoms with van der Waals surface area (Å²) in [4.78, 5) is 17.8. The van der Waals surface area contributed by atoms with E-state index in [0.717, 1.165) is 26.5 Å². The lowest BCUT2D eigenvalue weighted by atomic mass is 10.2. The number of aromatic amines is 1. The Bertz CT molecular complexity index is 930. The SMILES string of the molecule is Cc1sc2[nH]c(=S)n(CCc3nncn3C)c(=O)c2c1C. The van der Waals surface area contributed by atoms with E-state index in [9.17, 15) is 4.79 Å². The lowest BCUT2D eigenvalue weighted by Gasteiger charge is -2.06. The molecule has 3 aromatic heterocycles. The van der Waals surface area contributed by atoms with Gasteiger partial charge in [0.25, 0.3) is 5.56 Å². The molecule has 0 spiro atoms. The van der Waals surface area contributed by atoms with Crippen LogP contribution in [0.25, 0.3) is 10.2 Å². The van der Waals surface area contributed by atoms with Crippen molar-refractivity contribution >= 4 is 33.8 Å². The quantitative estimate of drug-likeness (QED) is 0.750. The van der Waals surface area contributed by atoms with Crippen LogP contribution in [0, 0.1) is 18.6 Å². The summed E-state index contributed by atoms with van der Waals surface area (Å²) in [6, 6.07) is 0. The molecule has 0 amide bonds. The number of hydrogen-bond donors (Lipinski definition) is 1. The topological polar surface area (TPSA) is 68.5 Å². The Hall–Kier alpha value is -1.80. The van der Waals surface area contributed by atoms with Gasteiger partial charge in [-0.05, 0) is 31.6 Å². The van der Waals surface area contributed by atoms with Gasteiger partial charge in [0.1, 0.15) is 17.0 Å². The van der Waals surface area contributed by atoms with Crippen LogP contribution in [0.1, 0.15) is 16.3 Å². The van der Waals surface area contributed by atoms with Crippen molar-refractivity contribution in [1.82, 2.24) is 24.3 Å². The zero-order valence-corrected chi connectivity index (χ0v) is 13.6. The molecule has 6 nitrogen and oxygen atoms in total. The predicted molar refractivity (Wildman–Crippen MR) is 85.5 cm³/mol. The first-order chi connectivity index (χ1) is 9.99. The lowest BCUT2D eigenvalue weighted by molar-refractivity contribution is 0.618. The molecule has 0 bridgehead atoms. The van der Waals surface area contributed by atoms with Crippen LogP contribution in [0.15, 0.2) is 11.1 Å². The first-order valence-electron chi connectivity index (χ1n) is 6.54. The maximum Gasteiger partial charge on any atom is 0.263 e. The van der Waals surface area contributed by atoms with Gasteiger partial charge in [-0.25, -0.2) is 0 Å². The van der Waals surface area contributed by atoms with Crippen LogP contribution in [0.5, 0.6) is 0 Å². The second-order valence-corrected chi connectivity index (χ2v) is 6.59. The summed E-state index contributed by atoms with van der Waals surface area (Å²) in [6.07, 6.45) is 2.26.